The minimum atomic E-state index is 0.411. The van der Waals surface area contributed by atoms with Crippen LogP contribution in [-0.2, 0) is 4.79 Å². The Hall–Kier alpha value is -0.0700. The molecule has 1 aromatic heterocycles. The van der Waals surface area contributed by atoms with Crippen molar-refractivity contribution in [2.75, 3.05) is 0 Å². The molecule has 0 N–H and O–H groups in total. The molecule has 3 nitrogen and oxygen atoms in total. The van der Waals surface area contributed by atoms with E-state index in [1.54, 1.807) is 23.1 Å². The fourth-order valence-electron chi connectivity index (χ4n) is 2.67. The highest BCUT2D eigenvalue weighted by atomic mass is 32.2. The second-order valence-electron chi connectivity index (χ2n) is 5.23. The Bertz CT molecular complexity index is 443. The van der Waals surface area contributed by atoms with Crippen molar-refractivity contribution in [3.63, 3.8) is 0 Å². The Labute approximate surface area is 126 Å². The van der Waals surface area contributed by atoms with Crippen LogP contribution >= 0.6 is 34.9 Å². The summed E-state index contributed by atoms with van der Waals surface area (Å²) in [7, 11) is 0. The number of hydrogen-bond acceptors (Lipinski definition) is 6. The molecule has 104 valence electrons. The predicted molar refractivity (Wildman–Crippen MR) is 81.1 cm³/mol. The van der Waals surface area contributed by atoms with E-state index >= 15 is 0 Å². The van der Waals surface area contributed by atoms with Crippen molar-refractivity contribution in [3.05, 3.63) is 0 Å². The molecule has 2 aliphatic carbocycles. The lowest BCUT2D eigenvalue weighted by atomic mass is 9.99. The molecule has 0 saturated heterocycles. The van der Waals surface area contributed by atoms with Crippen LogP contribution in [0.1, 0.15) is 51.4 Å². The van der Waals surface area contributed by atoms with Crippen LogP contribution < -0.4 is 0 Å². The van der Waals surface area contributed by atoms with Crippen molar-refractivity contribution in [2.45, 2.75) is 70.5 Å². The van der Waals surface area contributed by atoms with Crippen molar-refractivity contribution >= 4 is 40.6 Å². The summed E-state index contributed by atoms with van der Waals surface area (Å²) < 4.78 is 2.15. The van der Waals surface area contributed by atoms with Crippen LogP contribution in [0.2, 0.25) is 0 Å². The number of rotatable bonds is 4. The van der Waals surface area contributed by atoms with Crippen LogP contribution in [0, 0.1) is 0 Å². The van der Waals surface area contributed by atoms with Gasteiger partial charge in [0, 0.05) is 23.3 Å². The van der Waals surface area contributed by atoms with Gasteiger partial charge in [-0.25, -0.2) is 0 Å². The number of carbonyl (C=O) groups is 1. The third-order valence-electron chi connectivity index (χ3n) is 3.66. The van der Waals surface area contributed by atoms with Gasteiger partial charge in [0.25, 0.3) is 0 Å². The van der Waals surface area contributed by atoms with Gasteiger partial charge in [-0.05, 0) is 25.7 Å². The molecule has 0 aromatic carbocycles. The highest BCUT2D eigenvalue weighted by Crippen LogP contribution is 2.39. The summed E-state index contributed by atoms with van der Waals surface area (Å²) in [5.74, 6) is 0.411. The second-order valence-corrected chi connectivity index (χ2v) is 9.31. The van der Waals surface area contributed by atoms with E-state index in [1.807, 2.05) is 11.8 Å². The minimum Gasteiger partial charge on any atom is -0.300 e. The first-order valence-corrected chi connectivity index (χ1v) is 9.56. The summed E-state index contributed by atoms with van der Waals surface area (Å²) in [6, 6.07) is 0. The van der Waals surface area contributed by atoms with E-state index in [0.717, 1.165) is 39.6 Å². The summed E-state index contributed by atoms with van der Waals surface area (Å²) in [6.07, 6.45) is 9.05. The Kier molecular flexibility index (Phi) is 4.82. The molecule has 1 atom stereocenters. The molecule has 0 bridgehead atoms. The average molecular weight is 315 g/mol. The van der Waals surface area contributed by atoms with Crippen molar-refractivity contribution < 1.29 is 4.79 Å². The molecule has 19 heavy (non-hydrogen) atoms. The van der Waals surface area contributed by atoms with Crippen LogP contribution in [0.3, 0.4) is 0 Å². The fraction of sp³-hybridized carbons (Fsp3) is 0.769. The van der Waals surface area contributed by atoms with Crippen LogP contribution in [0.25, 0.3) is 0 Å². The number of hydrogen-bond donors (Lipinski definition) is 0. The van der Waals surface area contributed by atoms with Crippen LogP contribution in [-0.4, -0.2) is 26.5 Å². The zero-order valence-electron chi connectivity index (χ0n) is 10.8. The fourth-order valence-corrected chi connectivity index (χ4v) is 6.68. The number of aromatic nitrogens is 2. The average Bonchev–Trinajstić information content (AvgIpc) is 3.02. The van der Waals surface area contributed by atoms with Crippen molar-refractivity contribution in [2.24, 2.45) is 0 Å². The monoisotopic (exact) mass is 314 g/mol. The molecule has 0 spiro atoms. The molecular weight excluding hydrogens is 296 g/mol. The van der Waals surface area contributed by atoms with Crippen molar-refractivity contribution in [1.29, 1.82) is 0 Å². The molecule has 2 saturated carbocycles. The molecule has 3 rings (SSSR count). The molecule has 0 aliphatic heterocycles. The van der Waals surface area contributed by atoms with E-state index in [9.17, 15) is 4.79 Å². The number of Topliss-reactive ketones (excluding diaryl/α,β-unsaturated/α-hetero) is 1. The molecule has 1 aromatic rings. The van der Waals surface area contributed by atoms with Gasteiger partial charge in [-0.1, -0.05) is 47.7 Å². The summed E-state index contributed by atoms with van der Waals surface area (Å²) in [5, 5.41) is 9.75. The Morgan fingerprint density at radius 3 is 2.26 bits per heavy atom. The summed E-state index contributed by atoms with van der Waals surface area (Å²) in [5.41, 5.74) is 0. The lowest BCUT2D eigenvalue weighted by Crippen LogP contribution is -2.16. The standard InChI is InChI=1S/C13H18N2OS3/c16-9-4-3-7-11(8-9)18-13-15-14-12(19-13)17-10-5-1-2-6-10/h10-11H,1-8H2/t11-/m1/s1. The Morgan fingerprint density at radius 1 is 0.947 bits per heavy atom. The highest BCUT2D eigenvalue weighted by molar-refractivity contribution is 8.03. The van der Waals surface area contributed by atoms with Gasteiger partial charge in [0.05, 0.1) is 0 Å². The number of thioether (sulfide) groups is 2. The largest absolute Gasteiger partial charge is 0.300 e. The van der Waals surface area contributed by atoms with Gasteiger partial charge in [0.15, 0.2) is 8.68 Å². The van der Waals surface area contributed by atoms with E-state index in [-0.39, 0.29) is 0 Å². The van der Waals surface area contributed by atoms with Crippen LogP contribution in [0.4, 0.5) is 0 Å². The normalized spacial score (nSPS) is 25.1. The van der Waals surface area contributed by atoms with E-state index in [0.29, 0.717) is 11.0 Å². The van der Waals surface area contributed by atoms with Gasteiger partial charge >= 0.3 is 0 Å². The van der Waals surface area contributed by atoms with Crippen LogP contribution in [0.15, 0.2) is 8.68 Å². The predicted octanol–water partition coefficient (Wildman–Crippen LogP) is 4.18. The number of carbonyl (C=O) groups excluding carboxylic acids is 1. The maximum atomic E-state index is 11.4. The van der Waals surface area contributed by atoms with Crippen molar-refractivity contribution in [1.82, 2.24) is 10.2 Å². The molecule has 6 heteroatoms. The Balaban J connectivity index is 1.53. The zero-order chi connectivity index (χ0) is 13.1. The first-order chi connectivity index (χ1) is 9.29. The van der Waals surface area contributed by atoms with Crippen LogP contribution in [0.5, 0.6) is 0 Å². The maximum Gasteiger partial charge on any atom is 0.175 e. The molecule has 0 unspecified atom stereocenters. The molecular formula is C13H18N2OS3. The maximum absolute atomic E-state index is 11.4. The smallest absolute Gasteiger partial charge is 0.175 e. The van der Waals surface area contributed by atoms with Gasteiger partial charge in [-0.2, -0.15) is 0 Å². The molecule has 2 aliphatic rings. The van der Waals surface area contributed by atoms with Gasteiger partial charge in [0.2, 0.25) is 0 Å². The third kappa shape index (κ3) is 3.95. The highest BCUT2D eigenvalue weighted by Gasteiger charge is 2.23. The number of nitrogens with zero attached hydrogens (tertiary/aromatic N) is 2. The van der Waals surface area contributed by atoms with Gasteiger partial charge in [-0.3, -0.25) is 4.79 Å². The summed E-state index contributed by atoms with van der Waals surface area (Å²) in [6.45, 7) is 0. The van der Waals surface area contributed by atoms with E-state index < -0.39 is 0 Å². The Morgan fingerprint density at radius 2 is 1.58 bits per heavy atom. The zero-order valence-corrected chi connectivity index (χ0v) is 13.3. The SMILES string of the molecule is O=C1CCC[C@@H](Sc2nnc(SC3CCCC3)s2)C1. The first-order valence-electron chi connectivity index (χ1n) is 6.98. The second kappa shape index (κ2) is 6.59. The van der Waals surface area contributed by atoms with Gasteiger partial charge < -0.3 is 0 Å². The molecule has 2 fully saturated rings. The van der Waals surface area contributed by atoms with Crippen molar-refractivity contribution in [3.8, 4) is 0 Å². The topological polar surface area (TPSA) is 42.9 Å². The molecule has 0 amide bonds. The number of ketones is 1. The lowest BCUT2D eigenvalue weighted by molar-refractivity contribution is -0.120. The van der Waals surface area contributed by atoms with E-state index in [2.05, 4.69) is 10.2 Å². The third-order valence-corrected chi connectivity index (χ3v) is 7.36. The summed E-state index contributed by atoms with van der Waals surface area (Å²) in [4.78, 5) is 11.4. The summed E-state index contributed by atoms with van der Waals surface area (Å²) >= 11 is 5.36. The quantitative estimate of drug-likeness (QED) is 0.834. The lowest BCUT2D eigenvalue weighted by Gasteiger charge is -2.18. The van der Waals surface area contributed by atoms with E-state index in [4.69, 9.17) is 0 Å². The molecule has 0 radical (unpaired) electrons. The van der Waals surface area contributed by atoms with E-state index in [1.165, 1.54) is 25.7 Å². The molecule has 1 heterocycles. The first kappa shape index (κ1) is 13.9. The minimum absolute atomic E-state index is 0.411. The van der Waals surface area contributed by atoms with Gasteiger partial charge in [0.1, 0.15) is 5.78 Å². The van der Waals surface area contributed by atoms with Gasteiger partial charge in [-0.15, -0.1) is 10.2 Å².